The van der Waals surface area contributed by atoms with E-state index < -0.39 is 0 Å². The maximum atomic E-state index is 2.59. The van der Waals surface area contributed by atoms with Gasteiger partial charge in [0.05, 0.1) is 0 Å². The van der Waals surface area contributed by atoms with Crippen LogP contribution < -0.4 is 0 Å². The van der Waals surface area contributed by atoms with Gasteiger partial charge in [-0.15, -0.1) is 0 Å². The monoisotopic (exact) mass is 364 g/mol. The zero-order valence-corrected chi connectivity index (χ0v) is 18.4. The second-order valence-corrected chi connectivity index (χ2v) is 8.42. The second-order valence-electron chi connectivity index (χ2n) is 8.42. The first-order chi connectivity index (χ1) is 12.8. The summed E-state index contributed by atoms with van der Waals surface area (Å²) in [7, 11) is 2.24. The lowest BCUT2D eigenvalue weighted by Crippen LogP contribution is -2.37. The fraction of sp³-hybridized carbons (Fsp3) is 0.917. The first kappa shape index (κ1) is 23.4. The van der Waals surface area contributed by atoms with Gasteiger partial charge in [0.1, 0.15) is 6.17 Å². The van der Waals surface area contributed by atoms with Gasteiger partial charge < -0.3 is 9.80 Å². The van der Waals surface area contributed by atoms with Gasteiger partial charge >= 0.3 is 0 Å². The van der Waals surface area contributed by atoms with Crippen molar-refractivity contribution in [1.82, 2.24) is 9.80 Å². The van der Waals surface area contributed by atoms with Crippen LogP contribution in [0.15, 0.2) is 12.4 Å². The Balaban J connectivity index is 1.97. The third-order valence-corrected chi connectivity index (χ3v) is 5.93. The number of hydrogen-bond acceptors (Lipinski definition) is 2. The summed E-state index contributed by atoms with van der Waals surface area (Å²) < 4.78 is 0. The standard InChI is InChI=1S/C24H48N2/c1-4-6-8-10-11-12-13-14-15-17-19-21-26-23-22-25(3)24(26)20-18-16-9-7-5-2/h22-24H,4-21H2,1-3H3. The summed E-state index contributed by atoms with van der Waals surface area (Å²) in [5.74, 6) is 0. The van der Waals surface area contributed by atoms with Gasteiger partial charge in [0, 0.05) is 26.0 Å². The Kier molecular flexibility index (Phi) is 14.8. The van der Waals surface area contributed by atoms with Crippen LogP contribution in [0.1, 0.15) is 123 Å². The molecule has 1 atom stereocenters. The molecule has 1 aliphatic heterocycles. The Hall–Kier alpha value is -0.660. The van der Waals surface area contributed by atoms with Gasteiger partial charge in [-0.3, -0.25) is 0 Å². The summed E-state index contributed by atoms with van der Waals surface area (Å²) >= 11 is 0. The van der Waals surface area contributed by atoms with Gasteiger partial charge in [0.25, 0.3) is 0 Å². The Bertz CT molecular complexity index is 326. The van der Waals surface area contributed by atoms with Crippen molar-refractivity contribution in [3.8, 4) is 0 Å². The highest BCUT2D eigenvalue weighted by atomic mass is 15.4. The Morgan fingerprint density at radius 2 is 1.04 bits per heavy atom. The first-order valence-corrected chi connectivity index (χ1v) is 12.0. The molecule has 2 nitrogen and oxygen atoms in total. The molecule has 26 heavy (non-hydrogen) atoms. The molecule has 0 aromatic heterocycles. The Morgan fingerprint density at radius 3 is 1.58 bits per heavy atom. The van der Waals surface area contributed by atoms with Crippen LogP contribution in [0.3, 0.4) is 0 Å². The van der Waals surface area contributed by atoms with E-state index in [0.717, 1.165) is 0 Å². The smallest absolute Gasteiger partial charge is 0.100 e. The molecule has 1 rings (SSSR count). The predicted octanol–water partition coefficient (Wildman–Crippen LogP) is 7.70. The number of rotatable bonds is 18. The van der Waals surface area contributed by atoms with Gasteiger partial charge in [-0.25, -0.2) is 0 Å². The Labute approximate surface area is 165 Å². The molecule has 154 valence electrons. The van der Waals surface area contributed by atoms with Crippen LogP contribution in [0.5, 0.6) is 0 Å². The molecule has 0 aromatic carbocycles. The van der Waals surface area contributed by atoms with E-state index in [-0.39, 0.29) is 0 Å². The summed E-state index contributed by atoms with van der Waals surface area (Å²) in [5.41, 5.74) is 0. The molecule has 1 aliphatic rings. The van der Waals surface area contributed by atoms with Crippen molar-refractivity contribution in [3.63, 3.8) is 0 Å². The summed E-state index contributed by atoms with van der Waals surface area (Å²) in [6, 6.07) is 0. The van der Waals surface area contributed by atoms with Crippen molar-refractivity contribution >= 4 is 0 Å². The average molecular weight is 365 g/mol. The van der Waals surface area contributed by atoms with Crippen LogP contribution >= 0.6 is 0 Å². The molecular weight excluding hydrogens is 316 g/mol. The van der Waals surface area contributed by atoms with E-state index >= 15 is 0 Å². The number of hydrogen-bond donors (Lipinski definition) is 0. The summed E-state index contributed by atoms with van der Waals surface area (Å²) in [6.07, 6.45) is 29.2. The molecule has 0 N–H and O–H groups in total. The van der Waals surface area contributed by atoms with E-state index in [1.807, 2.05) is 0 Å². The van der Waals surface area contributed by atoms with Gasteiger partial charge in [-0.05, 0) is 19.3 Å². The molecular formula is C24H48N2. The Morgan fingerprint density at radius 1 is 0.577 bits per heavy atom. The summed E-state index contributed by atoms with van der Waals surface area (Å²) in [5, 5.41) is 0. The van der Waals surface area contributed by atoms with Crippen LogP contribution in [0, 0.1) is 0 Å². The van der Waals surface area contributed by atoms with Crippen LogP contribution in [0.2, 0.25) is 0 Å². The molecule has 0 aliphatic carbocycles. The minimum atomic E-state index is 0.625. The predicted molar refractivity (Wildman–Crippen MR) is 117 cm³/mol. The van der Waals surface area contributed by atoms with E-state index in [0.29, 0.717) is 6.17 Å². The largest absolute Gasteiger partial charge is 0.359 e. The highest BCUT2D eigenvalue weighted by Gasteiger charge is 2.22. The fourth-order valence-electron chi connectivity index (χ4n) is 4.11. The van der Waals surface area contributed by atoms with Gasteiger partial charge in [0.15, 0.2) is 0 Å². The highest BCUT2D eigenvalue weighted by molar-refractivity contribution is 4.95. The van der Waals surface area contributed by atoms with Crippen molar-refractivity contribution in [2.24, 2.45) is 0 Å². The van der Waals surface area contributed by atoms with Crippen molar-refractivity contribution in [2.75, 3.05) is 13.6 Å². The molecule has 0 amide bonds. The highest BCUT2D eigenvalue weighted by Crippen LogP contribution is 2.21. The molecule has 0 bridgehead atoms. The number of unbranched alkanes of at least 4 members (excludes halogenated alkanes) is 14. The normalized spacial score (nSPS) is 16.8. The van der Waals surface area contributed by atoms with Gasteiger partial charge in [-0.1, -0.05) is 104 Å². The quantitative estimate of drug-likeness (QED) is 0.230. The molecule has 0 spiro atoms. The van der Waals surface area contributed by atoms with Crippen molar-refractivity contribution in [1.29, 1.82) is 0 Å². The van der Waals surface area contributed by atoms with E-state index in [2.05, 4.69) is 43.1 Å². The molecule has 0 aromatic rings. The van der Waals surface area contributed by atoms with Crippen molar-refractivity contribution in [2.45, 2.75) is 129 Å². The molecule has 0 radical (unpaired) electrons. The third kappa shape index (κ3) is 11.1. The van der Waals surface area contributed by atoms with E-state index in [4.69, 9.17) is 0 Å². The second kappa shape index (κ2) is 16.5. The van der Waals surface area contributed by atoms with Crippen LogP contribution in [-0.2, 0) is 0 Å². The van der Waals surface area contributed by atoms with Gasteiger partial charge in [0.2, 0.25) is 0 Å². The minimum absolute atomic E-state index is 0.625. The molecule has 0 fully saturated rings. The third-order valence-electron chi connectivity index (χ3n) is 5.93. The molecule has 0 saturated carbocycles. The zero-order valence-electron chi connectivity index (χ0n) is 18.4. The maximum Gasteiger partial charge on any atom is 0.100 e. The zero-order chi connectivity index (χ0) is 18.9. The van der Waals surface area contributed by atoms with E-state index in [9.17, 15) is 0 Å². The lowest BCUT2D eigenvalue weighted by Gasteiger charge is -2.30. The molecule has 1 unspecified atom stereocenters. The van der Waals surface area contributed by atoms with Crippen LogP contribution in [0.25, 0.3) is 0 Å². The van der Waals surface area contributed by atoms with Crippen LogP contribution in [-0.4, -0.2) is 29.6 Å². The summed E-state index contributed by atoms with van der Waals surface area (Å²) in [4.78, 5) is 5.01. The number of nitrogens with zero attached hydrogens (tertiary/aromatic N) is 2. The average Bonchev–Trinajstić information content (AvgIpc) is 2.99. The maximum absolute atomic E-state index is 2.59. The van der Waals surface area contributed by atoms with Crippen LogP contribution in [0.4, 0.5) is 0 Å². The summed E-state index contributed by atoms with van der Waals surface area (Å²) in [6.45, 7) is 5.84. The lowest BCUT2D eigenvalue weighted by molar-refractivity contribution is 0.159. The van der Waals surface area contributed by atoms with Crippen molar-refractivity contribution < 1.29 is 0 Å². The topological polar surface area (TPSA) is 6.48 Å². The van der Waals surface area contributed by atoms with E-state index in [1.165, 1.54) is 116 Å². The van der Waals surface area contributed by atoms with Gasteiger partial charge in [-0.2, -0.15) is 0 Å². The molecule has 0 saturated heterocycles. The molecule has 1 heterocycles. The SMILES string of the molecule is CCCCCCCCCCCCCN1C=CN(C)C1CCCCCCC. The minimum Gasteiger partial charge on any atom is -0.359 e. The lowest BCUT2D eigenvalue weighted by atomic mass is 10.1. The van der Waals surface area contributed by atoms with Crippen molar-refractivity contribution in [3.05, 3.63) is 12.4 Å². The first-order valence-electron chi connectivity index (χ1n) is 12.0. The van der Waals surface area contributed by atoms with E-state index in [1.54, 1.807) is 0 Å². The fourth-order valence-corrected chi connectivity index (χ4v) is 4.11. The molecule has 2 heteroatoms.